The highest BCUT2D eigenvalue weighted by molar-refractivity contribution is 7.33. The minimum absolute atomic E-state index is 0.133. The van der Waals surface area contributed by atoms with Crippen molar-refractivity contribution < 1.29 is 41.1 Å². The number of hydrogen-bond acceptors (Lipinski definition) is 12. The summed E-state index contributed by atoms with van der Waals surface area (Å²) in [5, 5.41) is 0.443. The number of amides is 1. The summed E-state index contributed by atoms with van der Waals surface area (Å²) in [6.07, 6.45) is 1.09. The van der Waals surface area contributed by atoms with Gasteiger partial charge in [0.15, 0.2) is 50.1 Å². The number of carbonyl (C=O) groups excluding carboxylic acids is 1. The Hall–Kier alpha value is -4.29. The first-order chi connectivity index (χ1) is 28.3. The van der Waals surface area contributed by atoms with Gasteiger partial charge in [0.2, 0.25) is 0 Å². The molecule has 0 spiro atoms. The van der Waals surface area contributed by atoms with Crippen LogP contribution in [-0.2, 0) is 33.9 Å². The van der Waals surface area contributed by atoms with Gasteiger partial charge < -0.3 is 27.5 Å². The number of imidazole rings is 1. The van der Waals surface area contributed by atoms with Crippen LogP contribution in [0.2, 0.25) is 18.1 Å². The van der Waals surface area contributed by atoms with Crippen molar-refractivity contribution >= 4 is 50.5 Å². The zero-order valence-electron chi connectivity index (χ0n) is 33.8. The van der Waals surface area contributed by atoms with E-state index in [0.29, 0.717) is 30.5 Å². The SMILES string of the molecule is CC[C@H]1O[C@@H]2[C@H](F)[C@@H]1O[PH](=O)OC[C@H]1O[C@H]([C@H](F)[C@@H]1O[Si](C)(C)C(C)(C)C)n1cnc3c(ncnc31)N(C(=O)c1ccccc1)C/C=C/CCc1ncnc3c1ccn32. The minimum Gasteiger partial charge on any atom is -0.408 e. The molecule has 1 amide bonds. The molecule has 19 heteroatoms. The number of anilines is 1. The number of carbonyl (C=O) groups is 1. The van der Waals surface area contributed by atoms with E-state index in [1.807, 2.05) is 65.1 Å². The lowest BCUT2D eigenvalue weighted by atomic mass is 10.1. The number of alkyl halides is 2. The zero-order valence-corrected chi connectivity index (χ0v) is 35.8. The van der Waals surface area contributed by atoms with Crippen molar-refractivity contribution in [3.63, 3.8) is 0 Å². The molecule has 7 heterocycles. The first kappa shape index (κ1) is 41.4. The van der Waals surface area contributed by atoms with E-state index in [1.54, 1.807) is 35.0 Å². The molecule has 3 aliphatic heterocycles. The number of hydrogen-bond donors (Lipinski definition) is 0. The van der Waals surface area contributed by atoms with Crippen molar-refractivity contribution in [1.82, 2.24) is 34.1 Å². The van der Waals surface area contributed by atoms with Crippen LogP contribution < -0.4 is 4.90 Å². The highest BCUT2D eigenvalue weighted by Crippen LogP contribution is 2.45. The van der Waals surface area contributed by atoms with E-state index in [-0.39, 0.29) is 41.1 Å². The molecule has 15 nitrogen and oxygen atoms in total. The van der Waals surface area contributed by atoms with Crippen LogP contribution in [0.25, 0.3) is 22.2 Å². The van der Waals surface area contributed by atoms with Gasteiger partial charge in [-0.1, -0.05) is 58.0 Å². The number of rotatable bonds is 4. The highest BCUT2D eigenvalue weighted by atomic mass is 31.1. The van der Waals surface area contributed by atoms with Crippen LogP contribution in [0.4, 0.5) is 14.6 Å². The van der Waals surface area contributed by atoms with Gasteiger partial charge in [-0.25, -0.2) is 33.7 Å². The smallest absolute Gasteiger partial charge is 0.319 e. The van der Waals surface area contributed by atoms with Crippen LogP contribution in [0.3, 0.4) is 0 Å². The van der Waals surface area contributed by atoms with E-state index in [1.165, 1.54) is 28.4 Å². The predicted octanol–water partition coefficient (Wildman–Crippen LogP) is 7.48. The maximum absolute atomic E-state index is 17.0. The largest absolute Gasteiger partial charge is 0.408 e. The van der Waals surface area contributed by atoms with Gasteiger partial charge >= 0.3 is 8.25 Å². The average molecular weight is 851 g/mol. The molecule has 5 aromatic rings. The Balaban J connectivity index is 1.19. The second-order valence-corrected chi connectivity index (χ2v) is 22.3. The Morgan fingerprint density at radius 3 is 2.46 bits per heavy atom. The van der Waals surface area contributed by atoms with Gasteiger partial charge in [0.05, 0.1) is 24.7 Å². The summed E-state index contributed by atoms with van der Waals surface area (Å²) in [5.74, 6) is -0.0945. The third-order valence-electron chi connectivity index (χ3n) is 11.8. The first-order valence-corrected chi connectivity index (χ1v) is 24.0. The van der Waals surface area contributed by atoms with Gasteiger partial charge in [0.1, 0.15) is 36.6 Å². The molecule has 2 saturated heterocycles. The van der Waals surface area contributed by atoms with E-state index >= 15 is 8.78 Å². The third-order valence-corrected chi connectivity index (χ3v) is 17.1. The normalized spacial score (nSPS) is 29.0. The molecule has 0 radical (unpaired) electrons. The maximum Gasteiger partial charge on any atom is 0.319 e. The Morgan fingerprint density at radius 1 is 0.949 bits per heavy atom. The lowest BCUT2D eigenvalue weighted by molar-refractivity contribution is -0.0434. The number of aromatic nitrogens is 7. The molecule has 3 aliphatic rings. The molecule has 314 valence electrons. The molecule has 8 rings (SSSR count). The summed E-state index contributed by atoms with van der Waals surface area (Å²) >= 11 is 0. The summed E-state index contributed by atoms with van der Waals surface area (Å²) in [7, 11) is -6.00. The molecule has 12 bridgehead atoms. The Bertz CT molecular complexity index is 2360. The van der Waals surface area contributed by atoms with Crippen LogP contribution in [0.5, 0.6) is 0 Å². The topological polar surface area (TPSA) is 158 Å². The molecule has 2 fully saturated rings. The summed E-state index contributed by atoms with van der Waals surface area (Å²) < 4.78 is 80.7. The maximum atomic E-state index is 17.0. The molecule has 0 N–H and O–H groups in total. The van der Waals surface area contributed by atoms with E-state index in [4.69, 9.17) is 22.9 Å². The van der Waals surface area contributed by atoms with E-state index in [2.05, 4.69) is 24.9 Å². The van der Waals surface area contributed by atoms with Crippen LogP contribution >= 0.6 is 8.25 Å². The van der Waals surface area contributed by atoms with Crippen molar-refractivity contribution in [3.8, 4) is 0 Å². The van der Waals surface area contributed by atoms with Crippen molar-refractivity contribution in [2.45, 2.75) is 114 Å². The van der Waals surface area contributed by atoms with Gasteiger partial charge in [0, 0.05) is 23.7 Å². The van der Waals surface area contributed by atoms with E-state index in [0.717, 1.165) is 11.1 Å². The van der Waals surface area contributed by atoms with E-state index in [9.17, 15) is 9.36 Å². The van der Waals surface area contributed by atoms with Gasteiger partial charge in [0.25, 0.3) is 5.91 Å². The van der Waals surface area contributed by atoms with Gasteiger partial charge in [-0.15, -0.1) is 0 Å². The molecule has 4 aromatic heterocycles. The molecule has 59 heavy (non-hydrogen) atoms. The fourth-order valence-corrected chi connectivity index (χ4v) is 9.75. The molecule has 1 unspecified atom stereocenters. The van der Waals surface area contributed by atoms with Crippen LogP contribution in [0, 0.1) is 0 Å². The molecule has 0 saturated carbocycles. The van der Waals surface area contributed by atoms with Gasteiger partial charge in [-0.05, 0) is 55.6 Å². The number of ether oxygens (including phenoxy) is 2. The number of allylic oxidation sites excluding steroid dienone is 1. The summed E-state index contributed by atoms with van der Waals surface area (Å²) in [6, 6.07) is 10.6. The molecule has 9 atom stereocenters. The minimum atomic E-state index is -3.38. The van der Waals surface area contributed by atoms with Crippen LogP contribution in [0.15, 0.2) is 73.7 Å². The monoisotopic (exact) mass is 850 g/mol. The lowest BCUT2D eigenvalue weighted by Crippen LogP contribution is -2.49. The average Bonchev–Trinajstić information content (AvgIpc) is 3.99. The zero-order chi connectivity index (χ0) is 41.6. The lowest BCUT2D eigenvalue weighted by Gasteiger charge is -2.39. The fourth-order valence-electron chi connectivity index (χ4n) is 7.56. The molecular formula is C40H49F2N8O7PSi. The fraction of sp³-hybridized carbons (Fsp3) is 0.500. The molecular weight excluding hydrogens is 802 g/mol. The number of aryl methyl sites for hydroxylation is 1. The predicted molar refractivity (Wildman–Crippen MR) is 218 cm³/mol. The second-order valence-electron chi connectivity index (χ2n) is 16.5. The van der Waals surface area contributed by atoms with Gasteiger partial charge in [-0.2, -0.15) is 0 Å². The van der Waals surface area contributed by atoms with Crippen molar-refractivity contribution in [2.24, 2.45) is 0 Å². The first-order valence-electron chi connectivity index (χ1n) is 19.9. The second kappa shape index (κ2) is 16.6. The summed E-state index contributed by atoms with van der Waals surface area (Å²) in [4.78, 5) is 38.2. The quantitative estimate of drug-likeness (QED) is 0.0999. The van der Waals surface area contributed by atoms with Crippen molar-refractivity contribution in [1.29, 1.82) is 0 Å². The van der Waals surface area contributed by atoms with Crippen molar-refractivity contribution in [2.75, 3.05) is 18.1 Å². The molecule has 0 aliphatic carbocycles. The Kier molecular flexibility index (Phi) is 11.7. The van der Waals surface area contributed by atoms with E-state index < -0.39 is 65.8 Å². The Labute approximate surface area is 342 Å². The number of fused-ring (bicyclic) bond motifs is 6. The van der Waals surface area contributed by atoms with Crippen molar-refractivity contribution in [3.05, 3.63) is 85.0 Å². The highest BCUT2D eigenvalue weighted by Gasteiger charge is 2.52. The number of benzene rings is 1. The van der Waals surface area contributed by atoms with Gasteiger partial charge in [-0.3, -0.25) is 18.8 Å². The summed E-state index contributed by atoms with van der Waals surface area (Å²) in [6.45, 7) is 11.7. The number of halogens is 2. The van der Waals surface area contributed by atoms with Crippen LogP contribution in [0.1, 0.15) is 69.0 Å². The standard InChI is InChI=1S/C40H49F2N8O7PSi/c1-7-27-32-29(41)38(54-27)49-19-17-25-26(43-21-44-34(25)49)16-12-9-13-18-48(37(51)24-14-10-8-11-15-24)35-31-36(46-22-45-35)50(23-47-31)39-30(42)33(57-59(5,6)40(2,3)4)28(55-39)20-53-58(52)56-32/h8-11,13-15,17,19,21-23,27-30,32-33,38-39,58H,7,12,16,18,20H2,1-6H3/b13-9+/t27-,28-,29-,30-,32-,33-,38-,39-/m1/s1. The Morgan fingerprint density at radius 2 is 1.69 bits per heavy atom. The number of nitrogens with zero attached hydrogens (tertiary/aromatic N) is 8. The van der Waals surface area contributed by atoms with Crippen LogP contribution in [-0.4, -0.2) is 98.2 Å². The molecule has 1 aromatic carbocycles. The third kappa shape index (κ3) is 7.91. The summed E-state index contributed by atoms with van der Waals surface area (Å²) in [5.41, 5.74) is 2.15.